The predicted octanol–water partition coefficient (Wildman–Crippen LogP) is 4.68. The van der Waals surface area contributed by atoms with E-state index in [0.717, 1.165) is 6.42 Å². The van der Waals surface area contributed by atoms with Crippen LogP contribution in [0.25, 0.3) is 0 Å². The van der Waals surface area contributed by atoms with Gasteiger partial charge < -0.3 is 0 Å². The molecule has 0 spiro atoms. The highest BCUT2D eigenvalue weighted by Gasteiger charge is 1.72. The number of rotatable bonds is 0. The molecule has 0 saturated heterocycles. The molecule has 0 nitrogen and oxygen atoms in total. The minimum Gasteiger partial charge on any atom is -0.0808 e. The van der Waals surface area contributed by atoms with E-state index in [1.54, 1.807) is 0 Å². The monoisotopic (exact) mass is 146 g/mol. The van der Waals surface area contributed by atoms with Gasteiger partial charge in [-0.2, -0.15) is 0 Å². The van der Waals surface area contributed by atoms with Crippen LogP contribution in [0.5, 0.6) is 0 Å². The Bertz CT molecular complexity index is 58.1. The molecule has 0 N–H and O–H groups in total. The molecule has 0 heteroatoms. The number of hydrogen-bond acceptors (Lipinski definition) is 0. The van der Waals surface area contributed by atoms with Crippen molar-refractivity contribution in [3.8, 4) is 0 Å². The van der Waals surface area contributed by atoms with Crippen LogP contribution in [0, 0.1) is 0 Å². The van der Waals surface area contributed by atoms with E-state index in [-0.39, 0.29) is 37.1 Å². The molecule has 0 amide bonds. The lowest BCUT2D eigenvalue weighted by Gasteiger charge is -1.57. The molecule has 0 aromatic carbocycles. The van der Waals surface area contributed by atoms with Crippen molar-refractivity contribution in [2.45, 2.75) is 43.6 Å². The summed E-state index contributed by atoms with van der Waals surface area (Å²) in [6, 6.07) is 0. The molecule has 0 saturated carbocycles. The fourth-order valence-electron chi connectivity index (χ4n) is 0.393. The van der Waals surface area contributed by atoms with Gasteiger partial charge in [0, 0.05) is 0 Å². The summed E-state index contributed by atoms with van der Waals surface area (Å²) in [4.78, 5) is 0. The van der Waals surface area contributed by atoms with Gasteiger partial charge in [-0.1, -0.05) is 61.4 Å². The average Bonchev–Trinajstić information content (AvgIpc) is 1.76. The molecule has 10 heavy (non-hydrogen) atoms. The lowest BCUT2D eigenvalue weighted by Crippen LogP contribution is -1.37. The highest BCUT2D eigenvalue weighted by atomic mass is 13.8. The molecule has 0 aliphatic heterocycles. The molecule has 0 bridgehead atoms. The Hall–Kier alpha value is -0.520. The van der Waals surface area contributed by atoms with Crippen molar-refractivity contribution >= 4 is 0 Å². The Morgan fingerprint density at radius 2 is 0.900 bits per heavy atom. The summed E-state index contributed by atoms with van der Waals surface area (Å²) in [5.74, 6) is 0. The smallest absolute Gasteiger partial charge is 0.0163 e. The van der Waals surface area contributed by atoms with Crippen LogP contribution in [-0.2, 0) is 0 Å². The molecular weight excluding hydrogens is 120 g/mol. The summed E-state index contributed by atoms with van der Waals surface area (Å²) in [6.07, 6.45) is 9.50. The van der Waals surface area contributed by atoms with Gasteiger partial charge in [-0.3, -0.25) is 0 Å². The molecule has 0 aromatic heterocycles. The fourth-order valence-corrected chi connectivity index (χ4v) is 0.393. The number of allylic oxidation sites excluding steroid dienone is 4. The summed E-state index contributed by atoms with van der Waals surface area (Å²) in [7, 11) is 0. The maximum atomic E-state index is 2.12. The molecule has 1 aliphatic rings. The van der Waals surface area contributed by atoms with Gasteiger partial charge in [0.2, 0.25) is 0 Å². The third kappa shape index (κ3) is 15.6. The minimum absolute atomic E-state index is 0. The topological polar surface area (TPSA) is 0 Å². The first-order chi connectivity index (χ1) is 2.50. The van der Waals surface area contributed by atoms with E-state index in [9.17, 15) is 0 Å². The average molecular weight is 146 g/mol. The second-order valence-corrected chi connectivity index (χ2v) is 1.09. The highest BCUT2D eigenvalue weighted by Crippen LogP contribution is 1.93. The summed E-state index contributed by atoms with van der Waals surface area (Å²) >= 11 is 0. The normalized spacial score (nSPS) is 8.80. The molecule has 0 heterocycles. The van der Waals surface area contributed by atoms with Crippen molar-refractivity contribution in [2.24, 2.45) is 0 Å². The van der Waals surface area contributed by atoms with Gasteiger partial charge in [0.05, 0.1) is 0 Å². The summed E-state index contributed by atoms with van der Waals surface area (Å²) in [6.45, 7) is 0. The van der Waals surface area contributed by atoms with E-state index in [0.29, 0.717) is 0 Å². The summed E-state index contributed by atoms with van der Waals surface area (Å²) in [5.41, 5.74) is 0. The van der Waals surface area contributed by atoms with Crippen LogP contribution in [-0.4, -0.2) is 0 Å². The highest BCUT2D eigenvalue weighted by molar-refractivity contribution is 5.11. The molecule has 1 aliphatic carbocycles. The fraction of sp³-hybridized carbons (Fsp3) is 0.600. The van der Waals surface area contributed by atoms with Crippen LogP contribution < -0.4 is 0 Å². The molecule has 0 radical (unpaired) electrons. The maximum Gasteiger partial charge on any atom is -0.0163 e. The lowest BCUT2D eigenvalue weighted by atomic mass is 10.5. The lowest BCUT2D eigenvalue weighted by molar-refractivity contribution is 1.45. The van der Waals surface area contributed by atoms with E-state index in [4.69, 9.17) is 0 Å². The van der Waals surface area contributed by atoms with Gasteiger partial charge >= 0.3 is 0 Å². The Balaban J connectivity index is -0.0000000167. The molecule has 0 unspecified atom stereocenters. The van der Waals surface area contributed by atoms with Gasteiger partial charge in [-0.05, 0) is 6.42 Å². The van der Waals surface area contributed by atoms with Crippen LogP contribution >= 0.6 is 0 Å². The van der Waals surface area contributed by atoms with Crippen LogP contribution in [0.4, 0.5) is 0 Å². The van der Waals surface area contributed by atoms with E-state index in [2.05, 4.69) is 24.3 Å². The van der Waals surface area contributed by atoms with E-state index < -0.39 is 0 Å². The second kappa shape index (κ2) is 23.6. The van der Waals surface area contributed by atoms with Gasteiger partial charge in [0.15, 0.2) is 0 Å². The van der Waals surface area contributed by atoms with Gasteiger partial charge in [0.25, 0.3) is 0 Å². The summed E-state index contributed by atoms with van der Waals surface area (Å²) < 4.78 is 0. The van der Waals surface area contributed by atoms with Crippen molar-refractivity contribution in [3.63, 3.8) is 0 Å². The SMILES string of the molecule is C.C.C.C.C.C1=CCC=C1. The zero-order chi connectivity index (χ0) is 3.54. The van der Waals surface area contributed by atoms with E-state index in [1.807, 2.05) is 0 Å². The van der Waals surface area contributed by atoms with Gasteiger partial charge in [0.1, 0.15) is 0 Å². The Morgan fingerprint density at radius 1 is 0.600 bits per heavy atom. The van der Waals surface area contributed by atoms with Crippen molar-refractivity contribution < 1.29 is 0 Å². The van der Waals surface area contributed by atoms with E-state index >= 15 is 0 Å². The Labute approximate surface area is 68.7 Å². The largest absolute Gasteiger partial charge is 0.0808 e. The third-order valence-electron chi connectivity index (χ3n) is 0.655. The second-order valence-electron chi connectivity index (χ2n) is 1.09. The standard InChI is InChI=1S/C5H6.5CH4/c1-2-4-5-3-1;;;;;/h1-4H,5H2;5*1H4. The quantitative estimate of drug-likeness (QED) is 0.465. The molecule has 0 fully saturated rings. The molecule has 66 valence electrons. The van der Waals surface area contributed by atoms with Crippen LogP contribution in [0.3, 0.4) is 0 Å². The minimum atomic E-state index is 0. The van der Waals surface area contributed by atoms with Gasteiger partial charge in [-0.25, -0.2) is 0 Å². The zero-order valence-corrected chi connectivity index (χ0v) is 3.02. The van der Waals surface area contributed by atoms with Crippen LogP contribution in [0.2, 0.25) is 0 Å². The Morgan fingerprint density at radius 3 is 1.00 bits per heavy atom. The van der Waals surface area contributed by atoms with Crippen molar-refractivity contribution in [1.29, 1.82) is 0 Å². The molecule has 1 rings (SSSR count). The maximum absolute atomic E-state index is 2.12. The van der Waals surface area contributed by atoms with Crippen molar-refractivity contribution in [3.05, 3.63) is 24.3 Å². The first kappa shape index (κ1) is 34.0. The van der Waals surface area contributed by atoms with E-state index in [1.165, 1.54) is 0 Å². The van der Waals surface area contributed by atoms with Crippen molar-refractivity contribution in [1.82, 2.24) is 0 Å². The van der Waals surface area contributed by atoms with Gasteiger partial charge in [-0.15, -0.1) is 0 Å². The van der Waals surface area contributed by atoms with Crippen molar-refractivity contribution in [2.75, 3.05) is 0 Å². The molecule has 0 aromatic rings. The first-order valence-electron chi connectivity index (χ1n) is 1.82. The molecule has 0 atom stereocenters. The first-order valence-corrected chi connectivity index (χ1v) is 1.82. The zero-order valence-electron chi connectivity index (χ0n) is 3.02. The predicted molar refractivity (Wildman–Crippen MR) is 56.6 cm³/mol. The Kier molecular flexibility index (Phi) is 80.3. The third-order valence-corrected chi connectivity index (χ3v) is 0.655. The molecular formula is C10H26. The summed E-state index contributed by atoms with van der Waals surface area (Å²) in [5, 5.41) is 0. The number of hydrogen-bond donors (Lipinski definition) is 0. The van der Waals surface area contributed by atoms with Crippen LogP contribution in [0.1, 0.15) is 43.6 Å². The van der Waals surface area contributed by atoms with Crippen LogP contribution in [0.15, 0.2) is 24.3 Å².